The molecule has 0 spiro atoms. The molecular weight excluding hydrogens is 335 g/mol. The number of nitriles is 1. The summed E-state index contributed by atoms with van der Waals surface area (Å²) in [5.41, 5.74) is 0. The Morgan fingerprint density at radius 1 is 1.00 bits per heavy atom. The molecule has 0 aromatic rings. The van der Waals surface area contributed by atoms with Crippen LogP contribution in [0.15, 0.2) is 0 Å². The van der Waals surface area contributed by atoms with Crippen molar-refractivity contribution in [2.75, 3.05) is 0 Å². The summed E-state index contributed by atoms with van der Waals surface area (Å²) in [7, 11) is 0. The molecule has 1 rings (SSSR count). The third-order valence-electron chi connectivity index (χ3n) is 1.25. The average Bonchev–Trinajstić information content (AvgIpc) is 2.79. The van der Waals surface area contributed by atoms with Crippen molar-refractivity contribution in [2.24, 2.45) is 0 Å². The van der Waals surface area contributed by atoms with Crippen molar-refractivity contribution in [3.8, 4) is 6.07 Å². The molecule has 0 saturated heterocycles. The summed E-state index contributed by atoms with van der Waals surface area (Å²) in [5.74, 6) is 0. The monoisotopic (exact) mass is 371 g/mol. The number of nitrogens with zero attached hydrogens (tertiary/aromatic N) is 3. The first-order valence-corrected chi connectivity index (χ1v) is 6.16. The van der Waals surface area contributed by atoms with Gasteiger partial charge in [0, 0.05) is 0 Å². The Kier molecular flexibility index (Phi) is 170. The first-order chi connectivity index (χ1) is 8.16. The molecule has 0 N–H and O–H groups in total. The first-order valence-electron chi connectivity index (χ1n) is 6.16. The van der Waals surface area contributed by atoms with Crippen LogP contribution in [0, 0.1) is 25.7 Å². The van der Waals surface area contributed by atoms with Gasteiger partial charge < -0.3 is 25.2 Å². The Hall–Kier alpha value is -0.677. The molecule has 0 aromatic carbocycles. The van der Waals surface area contributed by atoms with E-state index < -0.39 is 0 Å². The standard InChI is InChI=1S/C5H10.C3H8.2C2H4N.C2H2N.CH4.CH3.Ru/c1-2-4-5-3-1;1-3-2;3*1-2-3;;;/h1-5H2;3H2,1-2H3;2*2H,1H3;1H2;1H4;1H3;/q;;3*-1;;-1;+5. The fraction of sp³-hybridized carbons (Fsp3) is 0.688. The molecular formula is C16H35N3Ru+. The summed E-state index contributed by atoms with van der Waals surface area (Å²) < 4.78 is 0. The van der Waals surface area contributed by atoms with E-state index in [0.29, 0.717) is 0 Å². The summed E-state index contributed by atoms with van der Waals surface area (Å²) in [6.07, 6.45) is 10.8. The predicted molar refractivity (Wildman–Crippen MR) is 93.4 cm³/mol. The zero-order valence-corrected chi connectivity index (χ0v) is 15.0. The van der Waals surface area contributed by atoms with Gasteiger partial charge in [-0.3, -0.25) is 0 Å². The van der Waals surface area contributed by atoms with Crippen molar-refractivity contribution < 1.29 is 19.5 Å². The fourth-order valence-corrected chi connectivity index (χ4v) is 0.884. The molecule has 1 radical (unpaired) electrons. The summed E-state index contributed by atoms with van der Waals surface area (Å²) >= 11 is 0. The van der Waals surface area contributed by atoms with E-state index in [0.717, 1.165) is 12.4 Å². The predicted octanol–water partition coefficient (Wildman–Crippen LogP) is 6.09. The van der Waals surface area contributed by atoms with Gasteiger partial charge in [-0.2, -0.15) is 0 Å². The van der Waals surface area contributed by atoms with Crippen LogP contribution in [0.25, 0.3) is 10.8 Å². The van der Waals surface area contributed by atoms with Gasteiger partial charge in [0.15, 0.2) is 0 Å². The summed E-state index contributed by atoms with van der Waals surface area (Å²) in [6, 6.07) is 1.50. The van der Waals surface area contributed by atoms with Gasteiger partial charge >= 0.3 is 19.5 Å². The minimum absolute atomic E-state index is 0. The number of hydrogen-bond acceptors (Lipinski definition) is 1. The van der Waals surface area contributed by atoms with Gasteiger partial charge in [-0.15, -0.1) is 6.07 Å². The first kappa shape index (κ1) is 42.7. The fourth-order valence-electron chi connectivity index (χ4n) is 0.884. The molecule has 1 aliphatic rings. The van der Waals surface area contributed by atoms with Crippen LogP contribution < -0.4 is 0 Å². The van der Waals surface area contributed by atoms with E-state index in [1.54, 1.807) is 13.8 Å². The van der Waals surface area contributed by atoms with E-state index in [2.05, 4.69) is 20.8 Å². The van der Waals surface area contributed by atoms with Gasteiger partial charge in [0.05, 0.1) is 0 Å². The van der Waals surface area contributed by atoms with Crippen molar-refractivity contribution in [2.45, 2.75) is 73.6 Å². The largest absolute Gasteiger partial charge is 5.00 e. The normalized spacial score (nSPS) is 8.55. The van der Waals surface area contributed by atoms with E-state index in [9.17, 15) is 0 Å². The second-order valence-electron chi connectivity index (χ2n) is 3.15. The van der Waals surface area contributed by atoms with E-state index >= 15 is 0 Å². The Morgan fingerprint density at radius 3 is 1.10 bits per heavy atom. The smallest absolute Gasteiger partial charge is 0.814 e. The molecule has 4 heteroatoms. The van der Waals surface area contributed by atoms with Crippen molar-refractivity contribution in [1.82, 2.24) is 0 Å². The third kappa shape index (κ3) is 247. The van der Waals surface area contributed by atoms with Gasteiger partial charge in [-0.25, -0.2) is 17.7 Å². The third-order valence-corrected chi connectivity index (χ3v) is 1.25. The van der Waals surface area contributed by atoms with Gasteiger partial charge in [0.1, 0.15) is 0 Å². The summed E-state index contributed by atoms with van der Waals surface area (Å²) in [6.45, 7) is 10.2. The van der Waals surface area contributed by atoms with Gasteiger partial charge in [0.25, 0.3) is 0 Å². The Balaban J connectivity index is -0.0000000209. The molecule has 0 aliphatic heterocycles. The Morgan fingerprint density at radius 2 is 1.05 bits per heavy atom. The molecule has 0 bridgehead atoms. The molecule has 0 unspecified atom stereocenters. The Labute approximate surface area is 142 Å². The zero-order chi connectivity index (χ0) is 14.4. The molecule has 0 heterocycles. The SMILES string of the molecule is C.C1CCCC1.CC=[N-].CC=[N-].CCC.[CH2-]C#N.[CH3-].[Ru+5]. The van der Waals surface area contributed by atoms with Gasteiger partial charge in [-0.1, -0.05) is 73.6 Å². The average molecular weight is 371 g/mol. The second-order valence-corrected chi connectivity index (χ2v) is 3.15. The molecule has 3 nitrogen and oxygen atoms in total. The number of rotatable bonds is 0. The van der Waals surface area contributed by atoms with Crippen LogP contribution in [0.1, 0.15) is 73.6 Å². The quantitative estimate of drug-likeness (QED) is 0.289. The van der Waals surface area contributed by atoms with E-state index in [4.69, 9.17) is 16.1 Å². The zero-order valence-electron chi connectivity index (χ0n) is 13.3. The van der Waals surface area contributed by atoms with Crippen LogP contribution in [0.2, 0.25) is 0 Å². The summed E-state index contributed by atoms with van der Waals surface area (Å²) in [4.78, 5) is 0. The maximum Gasteiger partial charge on any atom is 5.00 e. The molecule has 0 aromatic heterocycles. The van der Waals surface area contributed by atoms with E-state index in [1.807, 2.05) is 0 Å². The minimum atomic E-state index is 0. The molecule has 0 atom stereocenters. The van der Waals surface area contributed by atoms with Gasteiger partial charge in [0.2, 0.25) is 0 Å². The van der Waals surface area contributed by atoms with Crippen LogP contribution in [-0.4, -0.2) is 12.4 Å². The molecule has 1 saturated carbocycles. The van der Waals surface area contributed by atoms with E-state index in [1.165, 1.54) is 44.6 Å². The second kappa shape index (κ2) is 79.4. The topological polar surface area (TPSA) is 68.4 Å². The molecule has 20 heavy (non-hydrogen) atoms. The van der Waals surface area contributed by atoms with Crippen molar-refractivity contribution in [3.63, 3.8) is 0 Å². The maximum absolute atomic E-state index is 7.44. The molecule has 1 aliphatic carbocycles. The summed E-state index contributed by atoms with van der Waals surface area (Å²) in [5, 5.41) is 22.1. The van der Waals surface area contributed by atoms with Gasteiger partial charge in [-0.05, 0) is 0 Å². The van der Waals surface area contributed by atoms with Crippen LogP contribution in [0.5, 0.6) is 0 Å². The minimum Gasteiger partial charge on any atom is -0.814 e. The van der Waals surface area contributed by atoms with Crippen LogP contribution in [-0.2, 0) is 19.5 Å². The van der Waals surface area contributed by atoms with Crippen LogP contribution in [0.3, 0.4) is 0 Å². The maximum atomic E-state index is 7.44. The molecule has 0 amide bonds. The number of hydrogen-bond donors (Lipinski definition) is 0. The van der Waals surface area contributed by atoms with E-state index in [-0.39, 0.29) is 34.3 Å². The van der Waals surface area contributed by atoms with Crippen LogP contribution >= 0.6 is 0 Å². The van der Waals surface area contributed by atoms with Crippen molar-refractivity contribution in [1.29, 1.82) is 5.26 Å². The molecule has 121 valence electrons. The Bertz CT molecular complexity index is 137. The van der Waals surface area contributed by atoms with Crippen molar-refractivity contribution in [3.05, 3.63) is 25.2 Å². The molecule has 1 fully saturated rings. The van der Waals surface area contributed by atoms with Crippen LogP contribution in [0.4, 0.5) is 0 Å². The van der Waals surface area contributed by atoms with Crippen molar-refractivity contribution >= 4 is 12.4 Å².